The molecule has 0 radical (unpaired) electrons. The number of hydrogen-bond acceptors (Lipinski definition) is 6. The van der Waals surface area contributed by atoms with Crippen molar-refractivity contribution < 1.29 is 4.74 Å². The highest BCUT2D eigenvalue weighted by molar-refractivity contribution is 5.32. The van der Waals surface area contributed by atoms with E-state index in [0.717, 1.165) is 49.8 Å². The summed E-state index contributed by atoms with van der Waals surface area (Å²) in [6.45, 7) is 4.60. The van der Waals surface area contributed by atoms with Crippen LogP contribution in [0.2, 0.25) is 0 Å². The molecule has 1 saturated heterocycles. The van der Waals surface area contributed by atoms with Gasteiger partial charge in [0, 0.05) is 32.9 Å². The molecule has 6 heteroatoms. The molecule has 0 spiro atoms. The lowest BCUT2D eigenvalue weighted by Crippen LogP contribution is -2.36. The molecule has 1 atom stereocenters. The van der Waals surface area contributed by atoms with Crippen molar-refractivity contribution in [1.29, 1.82) is 0 Å². The normalized spacial score (nSPS) is 18.2. The molecule has 134 valence electrons. The van der Waals surface area contributed by atoms with Crippen molar-refractivity contribution in [2.75, 3.05) is 38.7 Å². The third-order valence-corrected chi connectivity index (χ3v) is 4.54. The molecule has 0 bridgehead atoms. The average Bonchev–Trinajstić information content (AvgIpc) is 2.65. The van der Waals surface area contributed by atoms with Gasteiger partial charge in [-0.2, -0.15) is 5.10 Å². The summed E-state index contributed by atoms with van der Waals surface area (Å²) in [6, 6.07) is 10.2. The number of rotatable bonds is 8. The maximum Gasteiger partial charge on any atom is 0.148 e. The fraction of sp³-hybridized carbons (Fsp3) is 0.526. The van der Waals surface area contributed by atoms with Gasteiger partial charge in [-0.1, -0.05) is 6.07 Å². The second-order valence-electron chi connectivity index (χ2n) is 6.60. The molecule has 1 unspecified atom stereocenters. The van der Waals surface area contributed by atoms with Crippen molar-refractivity contribution in [2.24, 2.45) is 5.92 Å². The first kappa shape index (κ1) is 17.8. The Hall–Kier alpha value is -2.05. The van der Waals surface area contributed by atoms with Gasteiger partial charge in [-0.15, -0.1) is 5.10 Å². The van der Waals surface area contributed by atoms with Gasteiger partial charge in [-0.05, 0) is 56.0 Å². The van der Waals surface area contributed by atoms with E-state index in [1.165, 1.54) is 12.8 Å². The van der Waals surface area contributed by atoms with Crippen LogP contribution in [0.5, 0.6) is 0 Å². The standard InChI is InChI=1S/C19H27N5O/c1-25-12-10-21-19-8-7-17(22-23-19)13-16-5-4-11-24(14-16)15-18-6-2-3-9-20-18/h2-3,6-9,16H,4-5,10-15H2,1H3,(H,21,23). The van der Waals surface area contributed by atoms with Crippen molar-refractivity contribution in [3.63, 3.8) is 0 Å². The molecule has 2 aromatic rings. The summed E-state index contributed by atoms with van der Waals surface area (Å²) in [6.07, 6.45) is 5.36. The Kier molecular flexibility index (Phi) is 6.71. The SMILES string of the molecule is COCCNc1ccc(CC2CCCN(Cc3ccccn3)C2)nn1. The highest BCUT2D eigenvalue weighted by Gasteiger charge is 2.21. The van der Waals surface area contributed by atoms with E-state index in [0.29, 0.717) is 12.5 Å². The number of nitrogens with one attached hydrogen (secondary N) is 1. The van der Waals surface area contributed by atoms with Gasteiger partial charge >= 0.3 is 0 Å². The number of pyridine rings is 1. The zero-order chi connectivity index (χ0) is 17.3. The van der Waals surface area contributed by atoms with Gasteiger partial charge in [0.25, 0.3) is 0 Å². The fourth-order valence-corrected chi connectivity index (χ4v) is 3.32. The summed E-state index contributed by atoms with van der Waals surface area (Å²) in [5, 5.41) is 11.8. The van der Waals surface area contributed by atoms with Crippen LogP contribution in [0, 0.1) is 5.92 Å². The molecule has 1 N–H and O–H groups in total. The van der Waals surface area contributed by atoms with E-state index in [2.05, 4.69) is 43.6 Å². The number of hydrogen-bond donors (Lipinski definition) is 1. The molecule has 0 aromatic carbocycles. The van der Waals surface area contributed by atoms with E-state index in [1.54, 1.807) is 7.11 Å². The Morgan fingerprint density at radius 2 is 2.16 bits per heavy atom. The van der Waals surface area contributed by atoms with Gasteiger partial charge in [0.1, 0.15) is 5.82 Å². The highest BCUT2D eigenvalue weighted by atomic mass is 16.5. The summed E-state index contributed by atoms with van der Waals surface area (Å²) in [4.78, 5) is 6.95. The van der Waals surface area contributed by atoms with Crippen LogP contribution in [0.3, 0.4) is 0 Å². The maximum atomic E-state index is 5.02. The lowest BCUT2D eigenvalue weighted by molar-refractivity contribution is 0.164. The van der Waals surface area contributed by atoms with Gasteiger partial charge < -0.3 is 10.1 Å². The van der Waals surface area contributed by atoms with Gasteiger partial charge in [0.2, 0.25) is 0 Å². The van der Waals surface area contributed by atoms with Crippen molar-refractivity contribution in [2.45, 2.75) is 25.8 Å². The fourth-order valence-electron chi connectivity index (χ4n) is 3.32. The van der Waals surface area contributed by atoms with Crippen LogP contribution in [0.15, 0.2) is 36.5 Å². The monoisotopic (exact) mass is 341 g/mol. The Balaban J connectivity index is 1.48. The van der Waals surface area contributed by atoms with Gasteiger partial charge in [-0.25, -0.2) is 0 Å². The van der Waals surface area contributed by atoms with Gasteiger partial charge in [-0.3, -0.25) is 9.88 Å². The predicted molar refractivity (Wildman–Crippen MR) is 98.3 cm³/mol. The van der Waals surface area contributed by atoms with Crippen molar-refractivity contribution in [3.8, 4) is 0 Å². The van der Waals surface area contributed by atoms with Crippen LogP contribution < -0.4 is 5.32 Å². The van der Waals surface area contributed by atoms with Crippen LogP contribution in [-0.4, -0.2) is 53.4 Å². The molecule has 3 rings (SSSR count). The number of piperidine rings is 1. The third kappa shape index (κ3) is 5.76. The van der Waals surface area contributed by atoms with E-state index < -0.39 is 0 Å². The molecule has 1 aliphatic heterocycles. The van der Waals surface area contributed by atoms with Crippen LogP contribution >= 0.6 is 0 Å². The zero-order valence-electron chi connectivity index (χ0n) is 14.9. The van der Waals surface area contributed by atoms with Crippen LogP contribution in [0.1, 0.15) is 24.2 Å². The van der Waals surface area contributed by atoms with Crippen molar-refractivity contribution >= 4 is 5.82 Å². The number of aromatic nitrogens is 3. The molecule has 0 aliphatic carbocycles. The molecular weight excluding hydrogens is 314 g/mol. The third-order valence-electron chi connectivity index (χ3n) is 4.54. The number of likely N-dealkylation sites (tertiary alicyclic amines) is 1. The second-order valence-corrected chi connectivity index (χ2v) is 6.60. The lowest BCUT2D eigenvalue weighted by atomic mass is 9.93. The number of nitrogens with zero attached hydrogens (tertiary/aromatic N) is 4. The van der Waals surface area contributed by atoms with Crippen LogP contribution in [0.4, 0.5) is 5.82 Å². The quantitative estimate of drug-likeness (QED) is 0.744. The smallest absolute Gasteiger partial charge is 0.148 e. The van der Waals surface area contributed by atoms with Crippen molar-refractivity contribution in [1.82, 2.24) is 20.1 Å². The minimum Gasteiger partial charge on any atom is -0.383 e. The van der Waals surface area contributed by atoms with Gasteiger partial charge in [0.05, 0.1) is 18.0 Å². The van der Waals surface area contributed by atoms with Crippen LogP contribution in [-0.2, 0) is 17.7 Å². The Labute approximate surface area is 149 Å². The topological polar surface area (TPSA) is 63.2 Å². The molecule has 0 amide bonds. The van der Waals surface area contributed by atoms with Crippen LogP contribution in [0.25, 0.3) is 0 Å². The molecule has 1 aliphatic rings. The molecule has 0 saturated carbocycles. The molecule has 2 aromatic heterocycles. The number of anilines is 1. The molecule has 3 heterocycles. The molecule has 25 heavy (non-hydrogen) atoms. The van der Waals surface area contributed by atoms with Gasteiger partial charge in [0.15, 0.2) is 0 Å². The summed E-state index contributed by atoms with van der Waals surface area (Å²) >= 11 is 0. The highest BCUT2D eigenvalue weighted by Crippen LogP contribution is 2.21. The van der Waals surface area contributed by atoms with E-state index in [9.17, 15) is 0 Å². The number of methoxy groups -OCH3 is 1. The molecule has 6 nitrogen and oxygen atoms in total. The minimum absolute atomic E-state index is 0.638. The lowest BCUT2D eigenvalue weighted by Gasteiger charge is -2.32. The van der Waals surface area contributed by atoms with E-state index in [1.807, 2.05) is 18.3 Å². The summed E-state index contributed by atoms with van der Waals surface area (Å²) in [7, 11) is 1.69. The first-order valence-corrected chi connectivity index (χ1v) is 9.01. The maximum absolute atomic E-state index is 5.02. The summed E-state index contributed by atoms with van der Waals surface area (Å²) in [5.74, 6) is 1.44. The Morgan fingerprint density at radius 3 is 2.92 bits per heavy atom. The average molecular weight is 341 g/mol. The van der Waals surface area contributed by atoms with E-state index >= 15 is 0 Å². The first-order valence-electron chi connectivity index (χ1n) is 9.01. The number of ether oxygens (including phenoxy) is 1. The first-order chi connectivity index (χ1) is 12.3. The largest absolute Gasteiger partial charge is 0.383 e. The van der Waals surface area contributed by atoms with E-state index in [-0.39, 0.29) is 0 Å². The zero-order valence-corrected chi connectivity index (χ0v) is 14.9. The predicted octanol–water partition coefficient (Wildman–Crippen LogP) is 2.38. The van der Waals surface area contributed by atoms with E-state index in [4.69, 9.17) is 4.74 Å². The Morgan fingerprint density at radius 1 is 1.20 bits per heavy atom. The Bertz CT molecular complexity index is 619. The summed E-state index contributed by atoms with van der Waals surface area (Å²) < 4.78 is 5.02. The molecule has 1 fully saturated rings. The van der Waals surface area contributed by atoms with Crippen molar-refractivity contribution in [3.05, 3.63) is 47.9 Å². The second kappa shape index (κ2) is 9.44. The minimum atomic E-state index is 0.638. The summed E-state index contributed by atoms with van der Waals surface area (Å²) in [5.41, 5.74) is 2.22. The molecular formula is C19H27N5O.